The number of methoxy groups -OCH3 is 1. The third-order valence-corrected chi connectivity index (χ3v) is 4.00. The van der Waals surface area contributed by atoms with Crippen LogP contribution in [0.4, 0.5) is 0 Å². The number of hydrogen-bond acceptors (Lipinski definition) is 4. The van der Waals surface area contributed by atoms with Crippen LogP contribution in [0.25, 0.3) is 0 Å². The van der Waals surface area contributed by atoms with Crippen LogP contribution in [0.2, 0.25) is 0 Å². The molecule has 100 valence electrons. The number of carbonyl (C=O) groups is 1. The van der Waals surface area contributed by atoms with E-state index in [1.807, 2.05) is 19.1 Å². The number of carbonyl (C=O) groups excluding carboxylic acids is 1. The summed E-state index contributed by atoms with van der Waals surface area (Å²) in [7, 11) is 1.43. The normalized spacial score (nSPS) is 12.2. The van der Waals surface area contributed by atoms with Crippen LogP contribution in [-0.2, 0) is 9.53 Å². The molecule has 0 aliphatic carbocycles. The van der Waals surface area contributed by atoms with E-state index in [1.54, 1.807) is 11.8 Å². The van der Waals surface area contributed by atoms with E-state index in [0.29, 0.717) is 0 Å². The molecule has 1 aromatic rings. The van der Waals surface area contributed by atoms with Crippen molar-refractivity contribution in [3.8, 4) is 0 Å². The molecule has 0 aliphatic rings. The van der Waals surface area contributed by atoms with Crippen LogP contribution in [0.3, 0.4) is 0 Å². The van der Waals surface area contributed by atoms with Gasteiger partial charge >= 0.3 is 5.97 Å². The van der Waals surface area contributed by atoms with Crippen molar-refractivity contribution in [1.29, 1.82) is 0 Å². The van der Waals surface area contributed by atoms with Gasteiger partial charge in [0.2, 0.25) is 0 Å². The second-order valence-electron chi connectivity index (χ2n) is 3.72. The van der Waals surface area contributed by atoms with Gasteiger partial charge in [0.1, 0.15) is 6.04 Å². The number of benzene rings is 1. The van der Waals surface area contributed by atoms with Crippen LogP contribution in [0.5, 0.6) is 0 Å². The van der Waals surface area contributed by atoms with Crippen LogP contribution in [0, 0.1) is 0 Å². The molecular weight excluding hydrogens is 314 g/mol. The highest BCUT2D eigenvalue weighted by atomic mass is 79.9. The molecule has 0 saturated heterocycles. The number of likely N-dealkylation sites (N-methyl/N-ethyl adjacent to an activating group) is 1. The Morgan fingerprint density at radius 3 is 2.67 bits per heavy atom. The molecule has 0 radical (unpaired) electrons. The minimum atomic E-state index is -0.206. The molecule has 1 rings (SSSR count). The number of esters is 1. The van der Waals surface area contributed by atoms with Gasteiger partial charge in [0, 0.05) is 15.1 Å². The van der Waals surface area contributed by atoms with Crippen molar-refractivity contribution in [2.24, 2.45) is 0 Å². The summed E-state index contributed by atoms with van der Waals surface area (Å²) in [6.45, 7) is 2.75. The smallest absolute Gasteiger partial charge is 0.322 e. The molecule has 1 atom stereocenters. The summed E-state index contributed by atoms with van der Waals surface area (Å²) in [5.41, 5.74) is 0. The van der Waals surface area contributed by atoms with E-state index >= 15 is 0 Å². The maximum absolute atomic E-state index is 11.5. The summed E-state index contributed by atoms with van der Waals surface area (Å²) in [5, 5.41) is 3.13. The highest BCUT2D eigenvalue weighted by Gasteiger charge is 2.17. The number of halogens is 1. The Morgan fingerprint density at radius 1 is 1.44 bits per heavy atom. The molecule has 1 unspecified atom stereocenters. The monoisotopic (exact) mass is 331 g/mol. The number of thioether (sulfide) groups is 1. The lowest BCUT2D eigenvalue weighted by Crippen LogP contribution is -2.37. The largest absolute Gasteiger partial charge is 0.468 e. The van der Waals surface area contributed by atoms with Crippen molar-refractivity contribution in [2.75, 3.05) is 19.4 Å². The Bertz CT molecular complexity index is 370. The van der Waals surface area contributed by atoms with E-state index in [2.05, 4.69) is 33.4 Å². The Labute approximate surface area is 121 Å². The highest BCUT2D eigenvalue weighted by molar-refractivity contribution is 9.10. The molecule has 0 spiro atoms. The van der Waals surface area contributed by atoms with Gasteiger partial charge in [-0.25, -0.2) is 0 Å². The van der Waals surface area contributed by atoms with Crippen LogP contribution in [0.15, 0.2) is 33.6 Å². The molecule has 1 aromatic carbocycles. The fourth-order valence-corrected chi connectivity index (χ4v) is 2.70. The van der Waals surface area contributed by atoms with Crippen molar-refractivity contribution >= 4 is 33.7 Å². The van der Waals surface area contributed by atoms with Gasteiger partial charge in [-0.2, -0.15) is 0 Å². The van der Waals surface area contributed by atoms with Gasteiger partial charge in [0.15, 0.2) is 0 Å². The summed E-state index contributed by atoms with van der Waals surface area (Å²) in [6, 6.07) is 7.96. The van der Waals surface area contributed by atoms with Crippen LogP contribution >= 0.6 is 27.7 Å². The van der Waals surface area contributed by atoms with Gasteiger partial charge in [-0.3, -0.25) is 4.79 Å². The zero-order chi connectivity index (χ0) is 13.4. The van der Waals surface area contributed by atoms with Gasteiger partial charge < -0.3 is 10.1 Å². The Kier molecular flexibility index (Phi) is 7.39. The SMILES string of the molecule is CCNC(CCSc1ccc(Br)cc1)C(=O)OC. The topological polar surface area (TPSA) is 38.3 Å². The molecule has 0 bridgehead atoms. The minimum Gasteiger partial charge on any atom is -0.468 e. The zero-order valence-electron chi connectivity index (χ0n) is 10.6. The molecule has 5 heteroatoms. The molecule has 0 fully saturated rings. The van der Waals surface area contributed by atoms with E-state index in [4.69, 9.17) is 4.74 Å². The molecule has 0 aliphatic heterocycles. The lowest BCUT2D eigenvalue weighted by molar-refractivity contribution is -0.143. The molecule has 0 amide bonds. The number of rotatable bonds is 7. The third-order valence-electron chi connectivity index (χ3n) is 2.43. The Balaban J connectivity index is 2.38. The Morgan fingerprint density at radius 2 is 2.11 bits per heavy atom. The minimum absolute atomic E-state index is 0.187. The lowest BCUT2D eigenvalue weighted by atomic mass is 10.2. The van der Waals surface area contributed by atoms with E-state index in [0.717, 1.165) is 23.2 Å². The highest BCUT2D eigenvalue weighted by Crippen LogP contribution is 2.21. The molecule has 0 heterocycles. The summed E-state index contributed by atoms with van der Waals surface area (Å²) in [4.78, 5) is 12.7. The quantitative estimate of drug-likeness (QED) is 0.615. The number of ether oxygens (including phenoxy) is 1. The standard InChI is InChI=1S/C13H18BrNO2S/c1-3-15-12(13(16)17-2)8-9-18-11-6-4-10(14)5-7-11/h4-7,12,15H,3,8-9H2,1-2H3. The summed E-state index contributed by atoms with van der Waals surface area (Å²) < 4.78 is 5.84. The number of nitrogens with one attached hydrogen (secondary N) is 1. The molecule has 3 nitrogen and oxygen atoms in total. The van der Waals surface area contributed by atoms with Gasteiger partial charge in [0.05, 0.1) is 7.11 Å². The fraction of sp³-hybridized carbons (Fsp3) is 0.462. The average molecular weight is 332 g/mol. The van der Waals surface area contributed by atoms with Crippen LogP contribution < -0.4 is 5.32 Å². The van der Waals surface area contributed by atoms with E-state index in [-0.39, 0.29) is 12.0 Å². The molecule has 1 N–H and O–H groups in total. The number of hydrogen-bond donors (Lipinski definition) is 1. The van der Waals surface area contributed by atoms with Crippen molar-refractivity contribution in [3.05, 3.63) is 28.7 Å². The van der Waals surface area contributed by atoms with Gasteiger partial charge in [0.25, 0.3) is 0 Å². The summed E-state index contributed by atoms with van der Waals surface area (Å²) in [6.07, 6.45) is 0.765. The van der Waals surface area contributed by atoms with Gasteiger partial charge in [-0.15, -0.1) is 11.8 Å². The first kappa shape index (κ1) is 15.5. The Hall–Kier alpha value is -0.520. The maximum Gasteiger partial charge on any atom is 0.322 e. The molecule has 0 aromatic heterocycles. The predicted octanol–water partition coefficient (Wildman–Crippen LogP) is 3.08. The predicted molar refractivity (Wildman–Crippen MR) is 79.0 cm³/mol. The average Bonchev–Trinajstić information content (AvgIpc) is 2.39. The second-order valence-corrected chi connectivity index (χ2v) is 5.81. The lowest BCUT2D eigenvalue weighted by Gasteiger charge is -2.14. The summed E-state index contributed by atoms with van der Waals surface area (Å²) in [5.74, 6) is 0.697. The van der Waals surface area contributed by atoms with Crippen molar-refractivity contribution in [2.45, 2.75) is 24.3 Å². The van der Waals surface area contributed by atoms with Crippen molar-refractivity contribution in [3.63, 3.8) is 0 Å². The molecule has 0 saturated carbocycles. The van der Waals surface area contributed by atoms with E-state index in [9.17, 15) is 4.79 Å². The first-order valence-corrected chi connectivity index (χ1v) is 7.64. The fourth-order valence-electron chi connectivity index (χ4n) is 1.52. The third kappa shape index (κ3) is 5.42. The first-order valence-electron chi connectivity index (χ1n) is 5.87. The van der Waals surface area contributed by atoms with Crippen LogP contribution in [0.1, 0.15) is 13.3 Å². The van der Waals surface area contributed by atoms with Gasteiger partial charge in [-0.1, -0.05) is 22.9 Å². The van der Waals surface area contributed by atoms with Crippen molar-refractivity contribution < 1.29 is 9.53 Å². The summed E-state index contributed by atoms with van der Waals surface area (Å²) >= 11 is 5.15. The molecule has 18 heavy (non-hydrogen) atoms. The zero-order valence-corrected chi connectivity index (χ0v) is 13.0. The van der Waals surface area contributed by atoms with Crippen molar-refractivity contribution in [1.82, 2.24) is 5.32 Å². The van der Waals surface area contributed by atoms with Crippen LogP contribution in [-0.4, -0.2) is 31.4 Å². The van der Waals surface area contributed by atoms with E-state index in [1.165, 1.54) is 12.0 Å². The first-order chi connectivity index (χ1) is 8.67. The second kappa shape index (κ2) is 8.56. The van der Waals surface area contributed by atoms with Gasteiger partial charge in [-0.05, 0) is 37.2 Å². The maximum atomic E-state index is 11.5. The van der Waals surface area contributed by atoms with E-state index < -0.39 is 0 Å². The molecular formula is C13H18BrNO2S.